The Balaban J connectivity index is 1.75. The smallest absolute Gasteiger partial charge is 0.241 e. The van der Waals surface area contributed by atoms with Crippen molar-refractivity contribution < 1.29 is 18.0 Å². The average molecular weight is 422 g/mol. The van der Waals surface area contributed by atoms with Crippen LogP contribution in [0.15, 0.2) is 23.1 Å². The lowest BCUT2D eigenvalue weighted by Gasteiger charge is -2.27. The van der Waals surface area contributed by atoms with Crippen LogP contribution in [0.2, 0.25) is 0 Å². The van der Waals surface area contributed by atoms with E-state index in [0.29, 0.717) is 24.9 Å². The van der Waals surface area contributed by atoms with Crippen LogP contribution in [-0.4, -0.2) is 32.3 Å². The number of carbonyl (C=O) groups is 2. The van der Waals surface area contributed by atoms with E-state index in [2.05, 4.69) is 15.4 Å². The molecule has 7 nitrogen and oxygen atoms in total. The van der Waals surface area contributed by atoms with Crippen LogP contribution in [0.5, 0.6) is 0 Å². The first-order chi connectivity index (χ1) is 13.8. The predicted octanol–water partition coefficient (Wildman–Crippen LogP) is 2.71. The molecule has 2 aliphatic rings. The highest BCUT2D eigenvalue weighted by Crippen LogP contribution is 2.25. The summed E-state index contributed by atoms with van der Waals surface area (Å²) in [5.74, 6) is -0.511. The Kier molecular flexibility index (Phi) is 6.95. The van der Waals surface area contributed by atoms with Gasteiger partial charge in [0.25, 0.3) is 0 Å². The van der Waals surface area contributed by atoms with Crippen LogP contribution in [-0.2, 0) is 26.0 Å². The first-order valence-corrected chi connectivity index (χ1v) is 12.0. The highest BCUT2D eigenvalue weighted by Gasteiger charge is 2.30. The second-order valence-electron chi connectivity index (χ2n) is 8.41. The predicted molar refractivity (Wildman–Crippen MR) is 112 cm³/mol. The van der Waals surface area contributed by atoms with Crippen molar-refractivity contribution in [1.82, 2.24) is 10.0 Å². The number of sulfonamides is 1. The van der Waals surface area contributed by atoms with E-state index in [-0.39, 0.29) is 28.7 Å². The van der Waals surface area contributed by atoms with Gasteiger partial charge in [0.05, 0.1) is 4.90 Å². The zero-order chi connectivity index (χ0) is 21.0. The van der Waals surface area contributed by atoms with E-state index in [0.717, 1.165) is 31.2 Å². The topological polar surface area (TPSA) is 104 Å². The summed E-state index contributed by atoms with van der Waals surface area (Å²) in [6.45, 7) is 3.67. The van der Waals surface area contributed by atoms with Crippen LogP contribution < -0.4 is 15.4 Å². The lowest BCUT2D eigenvalue weighted by molar-refractivity contribution is -0.124. The molecule has 0 radical (unpaired) electrons. The van der Waals surface area contributed by atoms with Gasteiger partial charge in [0.1, 0.15) is 6.04 Å². The Bertz CT molecular complexity index is 861. The molecule has 1 atom stereocenters. The molecule has 0 saturated heterocycles. The second-order valence-corrected chi connectivity index (χ2v) is 10.1. The van der Waals surface area contributed by atoms with Gasteiger partial charge in [0.15, 0.2) is 0 Å². The summed E-state index contributed by atoms with van der Waals surface area (Å²) in [5, 5.41) is 5.83. The van der Waals surface area contributed by atoms with Crippen molar-refractivity contribution >= 4 is 27.5 Å². The largest absolute Gasteiger partial charge is 0.352 e. The molecule has 0 spiro atoms. The van der Waals surface area contributed by atoms with Crippen LogP contribution >= 0.6 is 0 Å². The van der Waals surface area contributed by atoms with Crippen LogP contribution in [0.3, 0.4) is 0 Å². The van der Waals surface area contributed by atoms with Crippen molar-refractivity contribution in [1.29, 1.82) is 0 Å². The molecule has 1 aromatic carbocycles. The van der Waals surface area contributed by atoms with Crippen molar-refractivity contribution in [2.75, 3.05) is 5.32 Å². The number of benzene rings is 1. The summed E-state index contributed by atoms with van der Waals surface area (Å²) in [6.07, 6.45) is 6.99. The SMILES string of the molecule is CC(C)C(NS(=O)(=O)c1ccc2c(c1)CCCC(=O)N2)C(=O)NC1CCCCC1. The van der Waals surface area contributed by atoms with E-state index in [1.807, 2.05) is 13.8 Å². The van der Waals surface area contributed by atoms with E-state index in [9.17, 15) is 18.0 Å². The van der Waals surface area contributed by atoms with Crippen molar-refractivity contribution in [2.45, 2.75) is 82.2 Å². The summed E-state index contributed by atoms with van der Waals surface area (Å²) in [4.78, 5) is 24.6. The van der Waals surface area contributed by atoms with Gasteiger partial charge in [-0.3, -0.25) is 9.59 Å². The molecule has 1 heterocycles. The number of hydrogen-bond donors (Lipinski definition) is 3. The van der Waals surface area contributed by atoms with Gasteiger partial charge in [0, 0.05) is 18.2 Å². The minimum Gasteiger partial charge on any atom is -0.352 e. The molecule has 1 aliphatic carbocycles. The van der Waals surface area contributed by atoms with Gasteiger partial charge in [-0.1, -0.05) is 33.1 Å². The highest BCUT2D eigenvalue weighted by atomic mass is 32.2. The van der Waals surface area contributed by atoms with E-state index >= 15 is 0 Å². The first-order valence-electron chi connectivity index (χ1n) is 10.5. The Morgan fingerprint density at radius 1 is 1.10 bits per heavy atom. The minimum atomic E-state index is -3.87. The number of hydrogen-bond acceptors (Lipinski definition) is 4. The third kappa shape index (κ3) is 5.57. The molecule has 0 bridgehead atoms. The Hall–Kier alpha value is -1.93. The van der Waals surface area contributed by atoms with Crippen molar-refractivity contribution in [3.63, 3.8) is 0 Å². The fraction of sp³-hybridized carbons (Fsp3) is 0.619. The third-order valence-electron chi connectivity index (χ3n) is 5.69. The van der Waals surface area contributed by atoms with E-state index < -0.39 is 16.1 Å². The fourth-order valence-electron chi connectivity index (χ4n) is 3.98. The van der Waals surface area contributed by atoms with Crippen LogP contribution in [0, 0.1) is 5.92 Å². The first kappa shape index (κ1) is 21.8. The molecule has 29 heavy (non-hydrogen) atoms. The normalized spacial score (nSPS) is 19.2. The summed E-state index contributed by atoms with van der Waals surface area (Å²) in [6, 6.07) is 3.99. The molecule has 1 aliphatic heterocycles. The number of anilines is 1. The maximum atomic E-state index is 13.0. The third-order valence-corrected chi connectivity index (χ3v) is 7.13. The van der Waals surface area contributed by atoms with E-state index in [1.165, 1.54) is 12.5 Å². The molecule has 160 valence electrons. The molecule has 1 aromatic rings. The molecule has 1 unspecified atom stereocenters. The lowest BCUT2D eigenvalue weighted by Crippen LogP contribution is -2.52. The molecule has 3 rings (SSSR count). The van der Waals surface area contributed by atoms with Gasteiger partial charge in [0.2, 0.25) is 21.8 Å². The standard InChI is InChI=1S/C21H31N3O4S/c1-14(2)20(21(26)22-16-8-4-3-5-9-16)24-29(27,28)17-11-12-18-15(13-17)7-6-10-19(25)23-18/h11-14,16,20,24H,3-10H2,1-2H3,(H,22,26)(H,23,25). The van der Waals surface area contributed by atoms with Gasteiger partial charge in [-0.25, -0.2) is 8.42 Å². The lowest BCUT2D eigenvalue weighted by atomic mass is 9.94. The van der Waals surface area contributed by atoms with E-state index in [4.69, 9.17) is 0 Å². The molecule has 1 saturated carbocycles. The molecular weight excluding hydrogens is 390 g/mol. The van der Waals surface area contributed by atoms with Gasteiger partial charge in [-0.05, 0) is 55.4 Å². The summed E-state index contributed by atoms with van der Waals surface area (Å²) < 4.78 is 28.6. The molecular formula is C21H31N3O4S. The number of rotatable bonds is 6. The van der Waals surface area contributed by atoms with Crippen molar-refractivity contribution in [3.8, 4) is 0 Å². The number of amides is 2. The van der Waals surface area contributed by atoms with Crippen molar-refractivity contribution in [2.24, 2.45) is 5.92 Å². The quantitative estimate of drug-likeness (QED) is 0.657. The molecule has 0 aromatic heterocycles. The maximum absolute atomic E-state index is 13.0. The Morgan fingerprint density at radius 3 is 2.52 bits per heavy atom. The Morgan fingerprint density at radius 2 is 1.83 bits per heavy atom. The number of carbonyl (C=O) groups excluding carboxylic acids is 2. The summed E-state index contributed by atoms with van der Waals surface area (Å²) in [7, 11) is -3.87. The van der Waals surface area contributed by atoms with Crippen LogP contribution in [0.1, 0.15) is 64.4 Å². The second kappa shape index (κ2) is 9.26. The molecule has 3 N–H and O–H groups in total. The van der Waals surface area contributed by atoms with Gasteiger partial charge >= 0.3 is 0 Å². The average Bonchev–Trinajstić information content (AvgIpc) is 2.86. The summed E-state index contributed by atoms with van der Waals surface area (Å²) in [5.41, 5.74) is 1.45. The van der Waals surface area contributed by atoms with Gasteiger partial charge < -0.3 is 10.6 Å². The van der Waals surface area contributed by atoms with Gasteiger partial charge in [-0.15, -0.1) is 0 Å². The minimum absolute atomic E-state index is 0.0586. The highest BCUT2D eigenvalue weighted by molar-refractivity contribution is 7.89. The maximum Gasteiger partial charge on any atom is 0.241 e. The van der Waals surface area contributed by atoms with Crippen LogP contribution in [0.25, 0.3) is 0 Å². The van der Waals surface area contributed by atoms with E-state index in [1.54, 1.807) is 12.1 Å². The summed E-state index contributed by atoms with van der Waals surface area (Å²) >= 11 is 0. The zero-order valence-electron chi connectivity index (χ0n) is 17.2. The monoisotopic (exact) mass is 421 g/mol. The van der Waals surface area contributed by atoms with Crippen LogP contribution in [0.4, 0.5) is 5.69 Å². The Labute approximate surface area is 173 Å². The zero-order valence-corrected chi connectivity index (χ0v) is 18.0. The molecule has 2 amide bonds. The van der Waals surface area contributed by atoms with Crippen molar-refractivity contribution in [3.05, 3.63) is 23.8 Å². The van der Waals surface area contributed by atoms with Gasteiger partial charge in [-0.2, -0.15) is 4.72 Å². The molecule has 8 heteroatoms. The number of nitrogens with one attached hydrogen (secondary N) is 3. The number of aryl methyl sites for hydroxylation is 1. The fourth-order valence-corrected chi connectivity index (χ4v) is 5.38. The number of fused-ring (bicyclic) bond motifs is 1. The molecule has 1 fully saturated rings.